The lowest BCUT2D eigenvalue weighted by Crippen LogP contribution is -2.45. The number of thiophene rings is 1. The molecule has 1 aliphatic rings. The lowest BCUT2D eigenvalue weighted by molar-refractivity contribution is 0.158. The van der Waals surface area contributed by atoms with Crippen LogP contribution in [0.15, 0.2) is 40.3 Å². The molecule has 1 fully saturated rings. The van der Waals surface area contributed by atoms with Gasteiger partial charge in [-0.1, -0.05) is 6.07 Å². The summed E-state index contributed by atoms with van der Waals surface area (Å²) >= 11 is 1.66. The minimum Gasteiger partial charge on any atom is -0.467 e. The number of rotatable bonds is 5. The first-order chi connectivity index (χ1) is 10.7. The van der Waals surface area contributed by atoms with Crippen molar-refractivity contribution in [3.05, 3.63) is 46.5 Å². The summed E-state index contributed by atoms with van der Waals surface area (Å²) in [4.78, 5) is 28.4. The second-order valence-corrected chi connectivity index (χ2v) is 6.03. The molecule has 0 aliphatic carbocycles. The van der Waals surface area contributed by atoms with E-state index in [-0.39, 0.29) is 12.1 Å². The highest BCUT2D eigenvalue weighted by Crippen LogP contribution is 2.14. The van der Waals surface area contributed by atoms with Gasteiger partial charge in [0.15, 0.2) is 0 Å². The lowest BCUT2D eigenvalue weighted by atomic mass is 10.3. The molecule has 2 aromatic heterocycles. The lowest BCUT2D eigenvalue weighted by Gasteiger charge is -2.25. The minimum absolute atomic E-state index is 0.275. The average Bonchev–Trinajstić information content (AvgIpc) is 3.25. The van der Waals surface area contributed by atoms with Crippen LogP contribution in [0, 0.1) is 0 Å². The molecule has 116 valence electrons. The first-order valence-electron chi connectivity index (χ1n) is 7.13. The van der Waals surface area contributed by atoms with E-state index < -0.39 is 0 Å². The predicted octanol–water partition coefficient (Wildman–Crippen LogP) is 2.53. The second-order valence-electron chi connectivity index (χ2n) is 5.00. The van der Waals surface area contributed by atoms with Gasteiger partial charge >= 0.3 is 12.1 Å². The summed E-state index contributed by atoms with van der Waals surface area (Å²) in [5, 5.41) is 4.67. The van der Waals surface area contributed by atoms with E-state index in [0.29, 0.717) is 31.9 Å². The van der Waals surface area contributed by atoms with Crippen LogP contribution < -0.4 is 5.32 Å². The summed E-state index contributed by atoms with van der Waals surface area (Å²) in [5.74, 6) is 0.708. The second kappa shape index (κ2) is 6.65. The van der Waals surface area contributed by atoms with Crippen molar-refractivity contribution < 1.29 is 14.0 Å². The van der Waals surface area contributed by atoms with Crippen LogP contribution in [0.2, 0.25) is 0 Å². The molecule has 22 heavy (non-hydrogen) atoms. The van der Waals surface area contributed by atoms with E-state index in [9.17, 15) is 9.59 Å². The summed E-state index contributed by atoms with van der Waals surface area (Å²) < 4.78 is 5.33. The van der Waals surface area contributed by atoms with Gasteiger partial charge in [0, 0.05) is 24.5 Å². The van der Waals surface area contributed by atoms with Crippen molar-refractivity contribution in [3.63, 3.8) is 0 Å². The fourth-order valence-electron chi connectivity index (χ4n) is 2.36. The van der Waals surface area contributed by atoms with Crippen LogP contribution in [0.4, 0.5) is 9.59 Å². The van der Waals surface area contributed by atoms with E-state index in [1.165, 1.54) is 9.78 Å². The zero-order valence-corrected chi connectivity index (χ0v) is 12.8. The van der Waals surface area contributed by atoms with Crippen molar-refractivity contribution in [1.82, 2.24) is 15.1 Å². The summed E-state index contributed by atoms with van der Waals surface area (Å²) in [5.41, 5.74) is 0. The van der Waals surface area contributed by atoms with Gasteiger partial charge in [-0.05, 0) is 30.0 Å². The van der Waals surface area contributed by atoms with Gasteiger partial charge < -0.3 is 14.6 Å². The first-order valence-corrected chi connectivity index (χ1v) is 8.01. The monoisotopic (exact) mass is 319 g/mol. The van der Waals surface area contributed by atoms with Crippen molar-refractivity contribution in [2.45, 2.75) is 13.0 Å². The number of imide groups is 1. The number of hydrogen-bond donors (Lipinski definition) is 1. The van der Waals surface area contributed by atoms with Crippen LogP contribution in [-0.4, -0.2) is 41.5 Å². The largest absolute Gasteiger partial charge is 0.467 e. The molecule has 1 N–H and O–H groups in total. The number of nitrogens with one attached hydrogen (secondary N) is 1. The van der Waals surface area contributed by atoms with Gasteiger partial charge in [0.25, 0.3) is 0 Å². The predicted molar refractivity (Wildman–Crippen MR) is 82.6 cm³/mol. The van der Waals surface area contributed by atoms with Gasteiger partial charge in [-0.15, -0.1) is 11.3 Å². The van der Waals surface area contributed by atoms with E-state index in [4.69, 9.17) is 4.42 Å². The molecule has 0 aromatic carbocycles. The summed E-state index contributed by atoms with van der Waals surface area (Å²) in [6.45, 7) is 1.82. The van der Waals surface area contributed by atoms with Crippen LogP contribution in [0.25, 0.3) is 0 Å². The number of furan rings is 1. The molecule has 2 aromatic rings. The zero-order valence-electron chi connectivity index (χ0n) is 12.0. The average molecular weight is 319 g/mol. The SMILES string of the molecule is O=C1NCCN1C(=O)N(CCc1cccs1)Cc1ccco1. The maximum Gasteiger partial charge on any atom is 0.328 e. The Morgan fingerprint density at radius 2 is 2.32 bits per heavy atom. The van der Waals surface area contributed by atoms with Crippen molar-refractivity contribution in [1.29, 1.82) is 0 Å². The molecule has 3 heterocycles. The van der Waals surface area contributed by atoms with Crippen LogP contribution in [0.5, 0.6) is 0 Å². The molecule has 4 amide bonds. The first kappa shape index (κ1) is 14.6. The molecule has 6 nitrogen and oxygen atoms in total. The van der Waals surface area contributed by atoms with Crippen LogP contribution in [0.1, 0.15) is 10.6 Å². The van der Waals surface area contributed by atoms with Crippen molar-refractivity contribution in [3.8, 4) is 0 Å². The number of nitrogens with zero attached hydrogens (tertiary/aromatic N) is 2. The molecule has 0 unspecified atom stereocenters. The van der Waals surface area contributed by atoms with E-state index in [0.717, 1.165) is 6.42 Å². The summed E-state index contributed by atoms with van der Waals surface area (Å²) in [6, 6.07) is 7.05. The molecule has 0 bridgehead atoms. The molecule has 1 saturated heterocycles. The fraction of sp³-hybridized carbons (Fsp3) is 0.333. The quantitative estimate of drug-likeness (QED) is 0.921. The number of carbonyl (C=O) groups is 2. The molecular formula is C15H17N3O3S. The molecule has 0 radical (unpaired) electrons. The van der Waals surface area contributed by atoms with Crippen LogP contribution >= 0.6 is 11.3 Å². The van der Waals surface area contributed by atoms with E-state index >= 15 is 0 Å². The van der Waals surface area contributed by atoms with Gasteiger partial charge in [-0.2, -0.15) is 0 Å². The third kappa shape index (κ3) is 3.30. The Morgan fingerprint density at radius 3 is 2.95 bits per heavy atom. The molecule has 0 spiro atoms. The Balaban J connectivity index is 1.69. The molecule has 7 heteroatoms. The Kier molecular flexibility index (Phi) is 4.43. The highest BCUT2D eigenvalue weighted by molar-refractivity contribution is 7.09. The van der Waals surface area contributed by atoms with Crippen LogP contribution in [-0.2, 0) is 13.0 Å². The molecule has 1 aliphatic heterocycles. The zero-order chi connectivity index (χ0) is 15.4. The van der Waals surface area contributed by atoms with Crippen molar-refractivity contribution in [2.24, 2.45) is 0 Å². The Labute approximate surface area is 132 Å². The Morgan fingerprint density at radius 1 is 1.41 bits per heavy atom. The molecule has 3 rings (SSSR count). The summed E-state index contributed by atoms with van der Waals surface area (Å²) in [6.07, 6.45) is 2.35. The number of urea groups is 2. The number of carbonyl (C=O) groups excluding carboxylic acids is 2. The Hall–Kier alpha value is -2.28. The highest BCUT2D eigenvalue weighted by atomic mass is 32.1. The van der Waals surface area contributed by atoms with Crippen molar-refractivity contribution >= 4 is 23.4 Å². The normalized spacial score (nSPS) is 14.2. The van der Waals surface area contributed by atoms with Crippen molar-refractivity contribution in [2.75, 3.05) is 19.6 Å². The number of hydrogen-bond acceptors (Lipinski definition) is 4. The van der Waals surface area contributed by atoms with E-state index in [1.807, 2.05) is 23.6 Å². The number of amides is 4. The van der Waals surface area contributed by atoms with Gasteiger partial charge in [0.05, 0.1) is 12.8 Å². The smallest absolute Gasteiger partial charge is 0.328 e. The van der Waals surface area contributed by atoms with E-state index in [2.05, 4.69) is 5.32 Å². The fourth-order valence-corrected chi connectivity index (χ4v) is 3.06. The van der Waals surface area contributed by atoms with Gasteiger partial charge in [-0.25, -0.2) is 14.5 Å². The summed E-state index contributed by atoms with van der Waals surface area (Å²) in [7, 11) is 0. The Bertz CT molecular complexity index is 625. The maximum atomic E-state index is 12.6. The molecular weight excluding hydrogens is 302 g/mol. The molecule has 0 atom stereocenters. The van der Waals surface area contributed by atoms with Gasteiger partial charge in [-0.3, -0.25) is 0 Å². The maximum absolute atomic E-state index is 12.6. The highest BCUT2D eigenvalue weighted by Gasteiger charge is 2.30. The molecule has 0 saturated carbocycles. The third-order valence-corrected chi connectivity index (χ3v) is 4.43. The minimum atomic E-state index is -0.328. The standard InChI is InChI=1S/C15H17N3O3S/c19-14-16-6-8-18(14)15(20)17(11-12-3-1-9-21-12)7-5-13-4-2-10-22-13/h1-4,9-10H,5-8,11H2,(H,16,19). The topological polar surface area (TPSA) is 65.8 Å². The van der Waals surface area contributed by atoms with Gasteiger partial charge in [0.1, 0.15) is 5.76 Å². The van der Waals surface area contributed by atoms with Crippen LogP contribution in [0.3, 0.4) is 0 Å². The van der Waals surface area contributed by atoms with Gasteiger partial charge in [0.2, 0.25) is 0 Å². The van der Waals surface area contributed by atoms with E-state index in [1.54, 1.807) is 28.6 Å². The third-order valence-electron chi connectivity index (χ3n) is 3.49.